The molecule has 0 bridgehead atoms. The topological polar surface area (TPSA) is 194 Å². The number of fused-ring (bicyclic) bond motifs is 1. The van der Waals surface area contributed by atoms with Crippen molar-refractivity contribution in [2.24, 2.45) is 5.16 Å². The van der Waals surface area contributed by atoms with Gasteiger partial charge in [-0.15, -0.1) is 23.4 Å². The maximum absolute atomic E-state index is 13.2. The number of ketones is 1. The van der Waals surface area contributed by atoms with Crippen molar-refractivity contribution in [2.75, 3.05) is 30.7 Å². The number of rotatable bonds is 11. The first-order valence-corrected chi connectivity index (χ1v) is 13.2. The highest BCUT2D eigenvalue weighted by Crippen LogP contribution is 2.43. The number of ether oxygens (including phenoxy) is 1. The second kappa shape index (κ2) is 12.1. The Balaban J connectivity index is 1.80. The number of Topliss-reactive ketones (excluding diaryl/α,β-unsaturated/α-hetero) is 1. The lowest BCUT2D eigenvalue weighted by molar-refractivity contribution is -0.169. The predicted octanol–water partition coefficient (Wildman–Crippen LogP) is 0.585. The third kappa shape index (κ3) is 5.92. The highest BCUT2D eigenvalue weighted by Gasteiger charge is 2.68. The summed E-state index contributed by atoms with van der Waals surface area (Å²) in [5.41, 5.74) is -2.64. The van der Waals surface area contributed by atoms with Gasteiger partial charge in [-0.2, -0.15) is 0 Å². The number of hydrogen-bond donors (Lipinski definition) is 3. The number of carboxylic acids is 1. The number of nitrogens with zero attached hydrogens (tertiary/aromatic N) is 3. The van der Waals surface area contributed by atoms with Gasteiger partial charge in [0.1, 0.15) is 47.2 Å². The fourth-order valence-corrected chi connectivity index (χ4v) is 5.84. The SMILES string of the molecule is CO/N=C(\C(=O)N[C@]1(C(=O)O)C(=O)N2C=C(COC(=O)CC(C)=O)CS[C@H]21)c1nc(NC(=O)CCl)sc1Cl. The number of alkyl halides is 1. The molecule has 0 aliphatic carbocycles. The Morgan fingerprint density at radius 3 is 2.66 bits per heavy atom. The van der Waals surface area contributed by atoms with Crippen molar-refractivity contribution in [3.8, 4) is 0 Å². The van der Waals surface area contributed by atoms with Crippen molar-refractivity contribution in [1.29, 1.82) is 0 Å². The molecular weight excluding hydrogens is 589 g/mol. The summed E-state index contributed by atoms with van der Waals surface area (Å²) in [6, 6.07) is 0. The van der Waals surface area contributed by atoms with Crippen LogP contribution in [0, 0.1) is 0 Å². The molecule has 1 saturated heterocycles. The van der Waals surface area contributed by atoms with Gasteiger partial charge in [-0.25, -0.2) is 9.78 Å². The summed E-state index contributed by atoms with van der Waals surface area (Å²) in [4.78, 5) is 82.5. The minimum Gasteiger partial charge on any atom is -0.479 e. The van der Waals surface area contributed by atoms with Crippen LogP contribution in [0.25, 0.3) is 0 Å². The molecule has 3 heterocycles. The van der Waals surface area contributed by atoms with E-state index in [1.165, 1.54) is 13.1 Å². The maximum atomic E-state index is 13.2. The summed E-state index contributed by atoms with van der Waals surface area (Å²) in [5, 5.41) is 17.1. The van der Waals surface area contributed by atoms with Crippen LogP contribution in [-0.2, 0) is 38.3 Å². The van der Waals surface area contributed by atoms with Gasteiger partial charge in [-0.3, -0.25) is 24.0 Å². The van der Waals surface area contributed by atoms with E-state index in [0.717, 1.165) is 35.1 Å². The van der Waals surface area contributed by atoms with Crippen LogP contribution in [0.1, 0.15) is 19.0 Å². The lowest BCUT2D eigenvalue weighted by atomic mass is 9.87. The molecule has 2 atom stereocenters. The quantitative estimate of drug-likeness (QED) is 0.0795. The lowest BCUT2D eigenvalue weighted by Gasteiger charge is -2.53. The van der Waals surface area contributed by atoms with Gasteiger partial charge in [0.15, 0.2) is 10.8 Å². The Kier molecular flexibility index (Phi) is 9.35. The van der Waals surface area contributed by atoms with E-state index in [4.69, 9.17) is 32.8 Å². The number of halogens is 2. The molecule has 0 unspecified atom stereocenters. The van der Waals surface area contributed by atoms with Crippen LogP contribution in [-0.4, -0.2) is 92.4 Å². The highest BCUT2D eigenvalue weighted by atomic mass is 35.5. The van der Waals surface area contributed by atoms with Crippen molar-refractivity contribution in [1.82, 2.24) is 15.2 Å². The van der Waals surface area contributed by atoms with Gasteiger partial charge in [-0.05, 0) is 12.5 Å². The standard InChI is InChI=1S/C20H19Cl2N5O9S2/c1-8(28)3-11(30)36-6-9-5-27-16(32)20(18(33)34,17(27)37-7-9)25-15(31)13(26-35-2)12-14(22)38-19(24-12)23-10(29)4-21/h5,17H,3-4,6-7H2,1-2H3,(H,25,31)(H,33,34)(H,23,24,29)/b26-13-/t17-,20+/m0/s1. The number of thioether (sulfide) groups is 1. The maximum Gasteiger partial charge on any atom is 0.342 e. The van der Waals surface area contributed by atoms with Crippen LogP contribution in [0.5, 0.6) is 0 Å². The summed E-state index contributed by atoms with van der Waals surface area (Å²) in [6.07, 6.45) is 0.944. The minimum atomic E-state index is -2.36. The Morgan fingerprint density at radius 1 is 1.34 bits per heavy atom. The first-order valence-electron chi connectivity index (χ1n) is 10.4. The average molecular weight is 608 g/mol. The molecule has 0 spiro atoms. The second-order valence-electron chi connectivity index (χ2n) is 7.72. The Hall–Kier alpha value is -3.21. The van der Waals surface area contributed by atoms with Crippen LogP contribution in [0.15, 0.2) is 16.9 Å². The van der Waals surface area contributed by atoms with E-state index in [-0.39, 0.29) is 39.2 Å². The van der Waals surface area contributed by atoms with Crippen LogP contribution in [0.4, 0.5) is 5.13 Å². The molecule has 3 N–H and O–H groups in total. The molecule has 1 aromatic rings. The molecule has 0 radical (unpaired) electrons. The monoisotopic (exact) mass is 607 g/mol. The minimum absolute atomic E-state index is 0.00407. The molecule has 0 aromatic carbocycles. The van der Waals surface area contributed by atoms with Crippen LogP contribution < -0.4 is 10.6 Å². The van der Waals surface area contributed by atoms with Crippen molar-refractivity contribution >= 4 is 92.6 Å². The van der Waals surface area contributed by atoms with Crippen LogP contribution >= 0.6 is 46.3 Å². The van der Waals surface area contributed by atoms with Gasteiger partial charge in [0.05, 0.1) is 0 Å². The van der Waals surface area contributed by atoms with Crippen molar-refractivity contribution < 1.29 is 43.4 Å². The molecule has 0 saturated carbocycles. The third-order valence-corrected chi connectivity index (χ3v) is 7.82. The number of carboxylic acid groups (broad SMARTS) is 1. The van der Waals surface area contributed by atoms with E-state index >= 15 is 0 Å². The van der Waals surface area contributed by atoms with E-state index in [1.54, 1.807) is 0 Å². The fraction of sp³-hybridized carbons (Fsp3) is 0.400. The number of anilines is 1. The summed E-state index contributed by atoms with van der Waals surface area (Å²) in [6.45, 7) is 1.04. The number of aliphatic carboxylic acids is 1. The third-order valence-electron chi connectivity index (χ3n) is 4.98. The molecule has 3 amide bonds. The number of carbonyl (C=O) groups excluding carboxylic acids is 5. The number of amides is 3. The number of thiazole rings is 1. The summed E-state index contributed by atoms with van der Waals surface area (Å²) in [7, 11) is 1.12. The number of hydrogen-bond acceptors (Lipinski definition) is 12. The predicted molar refractivity (Wildman–Crippen MR) is 136 cm³/mol. The van der Waals surface area contributed by atoms with Gasteiger partial charge in [-0.1, -0.05) is 28.1 Å². The second-order valence-corrected chi connectivity index (χ2v) is 10.7. The number of aromatic nitrogens is 1. The van der Waals surface area contributed by atoms with Crippen molar-refractivity contribution in [3.05, 3.63) is 21.8 Å². The van der Waals surface area contributed by atoms with E-state index in [2.05, 4.69) is 20.8 Å². The molecule has 14 nitrogen and oxygen atoms in total. The van der Waals surface area contributed by atoms with E-state index in [9.17, 15) is 33.9 Å². The summed E-state index contributed by atoms with van der Waals surface area (Å²) in [5.74, 6) is -5.58. The smallest absolute Gasteiger partial charge is 0.342 e. The van der Waals surface area contributed by atoms with Gasteiger partial charge >= 0.3 is 11.9 Å². The summed E-state index contributed by atoms with van der Waals surface area (Å²) >= 11 is 13.4. The number of nitrogens with one attached hydrogen (secondary N) is 2. The largest absolute Gasteiger partial charge is 0.479 e. The molecule has 1 aromatic heterocycles. The molecule has 1 fully saturated rings. The zero-order chi connectivity index (χ0) is 28.2. The average Bonchev–Trinajstić information content (AvgIpc) is 3.22. The number of β-lactam (4-membered cyclic amide) rings is 1. The normalized spacial score (nSPS) is 20.5. The first-order chi connectivity index (χ1) is 17.9. The van der Waals surface area contributed by atoms with Crippen molar-refractivity contribution in [2.45, 2.75) is 24.3 Å². The van der Waals surface area contributed by atoms with Gasteiger partial charge in [0.25, 0.3) is 11.8 Å². The van der Waals surface area contributed by atoms with Crippen molar-refractivity contribution in [3.63, 3.8) is 0 Å². The Bertz CT molecular complexity index is 1270. The lowest BCUT2D eigenvalue weighted by Crippen LogP contribution is -2.82. The first kappa shape index (κ1) is 29.3. The molecule has 38 heavy (non-hydrogen) atoms. The zero-order valence-electron chi connectivity index (χ0n) is 19.6. The fourth-order valence-electron chi connectivity index (χ4n) is 3.36. The van der Waals surface area contributed by atoms with E-state index < -0.39 is 52.7 Å². The Labute approximate surface area is 232 Å². The number of carbonyl (C=O) groups is 6. The van der Waals surface area contributed by atoms with Gasteiger partial charge in [0.2, 0.25) is 11.4 Å². The summed E-state index contributed by atoms with van der Waals surface area (Å²) < 4.78 is 4.93. The van der Waals surface area contributed by atoms with Gasteiger partial charge < -0.3 is 30.2 Å². The molecule has 2 aliphatic heterocycles. The van der Waals surface area contributed by atoms with Crippen LogP contribution in [0.3, 0.4) is 0 Å². The molecule has 2 aliphatic rings. The highest BCUT2D eigenvalue weighted by molar-refractivity contribution is 8.00. The van der Waals surface area contributed by atoms with Gasteiger partial charge in [0, 0.05) is 12.0 Å². The van der Waals surface area contributed by atoms with E-state index in [1.807, 2.05) is 0 Å². The molecule has 3 rings (SSSR count). The number of esters is 1. The van der Waals surface area contributed by atoms with E-state index in [0.29, 0.717) is 5.57 Å². The Morgan fingerprint density at radius 2 is 2.05 bits per heavy atom. The zero-order valence-corrected chi connectivity index (χ0v) is 22.8. The molecule has 204 valence electrons. The van der Waals surface area contributed by atoms with Crippen LogP contribution in [0.2, 0.25) is 4.34 Å². The molecular formula is C20H19Cl2N5O9S2. The number of oxime groups is 1. The molecule has 18 heteroatoms.